The van der Waals surface area contributed by atoms with Gasteiger partial charge < -0.3 is 5.73 Å². The lowest BCUT2D eigenvalue weighted by molar-refractivity contribution is -0.121. The van der Waals surface area contributed by atoms with Gasteiger partial charge in [-0.3, -0.25) is 4.79 Å². The van der Waals surface area contributed by atoms with Crippen LogP contribution in [0.3, 0.4) is 0 Å². The number of carbonyl (C=O) groups excluding carboxylic acids is 1. The van der Waals surface area contributed by atoms with Gasteiger partial charge in [0.15, 0.2) is 0 Å². The maximum Gasteiger partial charge on any atom is 0.220 e. The zero-order valence-electron chi connectivity index (χ0n) is 5.59. The van der Waals surface area contributed by atoms with Crippen molar-refractivity contribution in [3.05, 3.63) is 0 Å². The number of hydrogen-bond donors (Lipinski definition) is 1. The van der Waals surface area contributed by atoms with E-state index in [2.05, 4.69) is 0 Å². The first-order valence-corrected chi connectivity index (χ1v) is 2.47. The molecule has 0 radical (unpaired) electrons. The molecular weight excluding hydrogens is 250 g/mol. The molecule has 0 aliphatic rings. The molecule has 1 amide bonds. The highest BCUT2D eigenvalue weighted by atomic mass is 79.9. The average Bonchev–Trinajstić information content (AvgIpc) is 1.65. The third kappa shape index (κ3) is 8.43. The van der Waals surface area contributed by atoms with Crippen LogP contribution in [0.5, 0.6) is 0 Å². The number of carbonyl (C=O) groups is 1. The highest BCUT2D eigenvalue weighted by Gasteiger charge is 2.02. The third-order valence-electron chi connectivity index (χ3n) is 1.10. The number of halogens is 2. The Morgan fingerprint density at radius 2 is 1.89 bits per heavy atom. The molecule has 0 saturated heterocycles. The highest BCUT2D eigenvalue weighted by Crippen LogP contribution is 1.96. The molecule has 0 bridgehead atoms. The molecule has 0 aromatic heterocycles. The van der Waals surface area contributed by atoms with Gasteiger partial charge in [0.05, 0.1) is 0 Å². The van der Waals surface area contributed by atoms with Gasteiger partial charge in [0.2, 0.25) is 5.91 Å². The summed E-state index contributed by atoms with van der Waals surface area (Å²) < 4.78 is 0. The molecule has 0 aliphatic heterocycles. The Labute approximate surface area is 76.7 Å². The fraction of sp³-hybridized carbons (Fsp3) is 0.800. The number of rotatable bonds is 2. The Hall–Kier alpha value is 0.430. The van der Waals surface area contributed by atoms with Gasteiger partial charge in [0.1, 0.15) is 0 Å². The molecule has 2 N–H and O–H groups in total. The third-order valence-corrected chi connectivity index (χ3v) is 1.10. The van der Waals surface area contributed by atoms with Crippen molar-refractivity contribution in [2.24, 2.45) is 11.7 Å². The molecule has 0 fully saturated rings. The van der Waals surface area contributed by atoms with Gasteiger partial charge in [0.25, 0.3) is 0 Å². The van der Waals surface area contributed by atoms with E-state index in [-0.39, 0.29) is 45.8 Å². The van der Waals surface area contributed by atoms with Crippen molar-refractivity contribution in [2.75, 3.05) is 0 Å². The second-order valence-corrected chi connectivity index (χ2v) is 1.71. The van der Waals surface area contributed by atoms with E-state index < -0.39 is 0 Å². The van der Waals surface area contributed by atoms with Gasteiger partial charge in [-0.05, 0) is 6.42 Å². The first-order chi connectivity index (χ1) is 3.18. The lowest BCUT2D eigenvalue weighted by atomic mass is 10.1. The molecule has 0 spiro atoms. The van der Waals surface area contributed by atoms with E-state index in [9.17, 15) is 4.79 Å². The SMILES string of the molecule is Br.Br.CCC(C)C(N)=O. The molecule has 4 heteroatoms. The fourth-order valence-corrected chi connectivity index (χ4v) is 0.201. The van der Waals surface area contributed by atoms with E-state index in [1.807, 2.05) is 13.8 Å². The van der Waals surface area contributed by atoms with Crippen LogP contribution in [-0.2, 0) is 4.79 Å². The number of amides is 1. The molecule has 58 valence electrons. The summed E-state index contributed by atoms with van der Waals surface area (Å²) in [5, 5.41) is 0. The summed E-state index contributed by atoms with van der Waals surface area (Å²) in [6, 6.07) is 0. The van der Waals surface area contributed by atoms with Crippen molar-refractivity contribution >= 4 is 39.9 Å². The summed E-state index contributed by atoms with van der Waals surface area (Å²) in [5.74, 6) is -0.164. The second-order valence-electron chi connectivity index (χ2n) is 1.71. The summed E-state index contributed by atoms with van der Waals surface area (Å²) >= 11 is 0. The Morgan fingerprint density at radius 3 is 1.89 bits per heavy atom. The molecular formula is C5H13Br2NO. The molecule has 9 heavy (non-hydrogen) atoms. The first-order valence-electron chi connectivity index (χ1n) is 2.47. The van der Waals surface area contributed by atoms with E-state index in [0.717, 1.165) is 6.42 Å². The van der Waals surface area contributed by atoms with Crippen LogP contribution >= 0.6 is 34.0 Å². The molecule has 0 aliphatic carbocycles. The van der Waals surface area contributed by atoms with Crippen LogP contribution in [0.1, 0.15) is 20.3 Å². The topological polar surface area (TPSA) is 43.1 Å². The number of hydrogen-bond acceptors (Lipinski definition) is 1. The quantitative estimate of drug-likeness (QED) is 0.809. The first kappa shape index (κ1) is 16.2. The lowest BCUT2D eigenvalue weighted by Gasteiger charge is -1.98. The molecule has 0 aromatic rings. The van der Waals surface area contributed by atoms with Gasteiger partial charge >= 0.3 is 0 Å². The summed E-state index contributed by atoms with van der Waals surface area (Å²) in [4.78, 5) is 10.2. The highest BCUT2D eigenvalue weighted by molar-refractivity contribution is 8.93. The zero-order valence-corrected chi connectivity index (χ0v) is 9.01. The minimum atomic E-state index is -0.206. The van der Waals surface area contributed by atoms with Gasteiger partial charge in [-0.1, -0.05) is 13.8 Å². The van der Waals surface area contributed by atoms with Crippen molar-refractivity contribution in [1.82, 2.24) is 0 Å². The van der Waals surface area contributed by atoms with Crippen molar-refractivity contribution in [2.45, 2.75) is 20.3 Å². The normalized spacial score (nSPS) is 10.4. The molecule has 0 rings (SSSR count). The van der Waals surface area contributed by atoms with Crippen LogP contribution in [0, 0.1) is 5.92 Å². The lowest BCUT2D eigenvalue weighted by Crippen LogP contribution is -2.19. The summed E-state index contributed by atoms with van der Waals surface area (Å²) in [7, 11) is 0. The number of primary amides is 1. The minimum absolute atomic E-state index is 0. The van der Waals surface area contributed by atoms with E-state index >= 15 is 0 Å². The minimum Gasteiger partial charge on any atom is -0.369 e. The maximum atomic E-state index is 10.2. The Morgan fingerprint density at radius 1 is 1.56 bits per heavy atom. The van der Waals surface area contributed by atoms with Crippen molar-refractivity contribution < 1.29 is 4.79 Å². The Bertz CT molecular complexity index is 77.4. The van der Waals surface area contributed by atoms with E-state index in [1.165, 1.54) is 0 Å². The molecule has 0 saturated carbocycles. The van der Waals surface area contributed by atoms with E-state index in [0.29, 0.717) is 0 Å². The summed E-state index contributed by atoms with van der Waals surface area (Å²) in [6.45, 7) is 3.76. The van der Waals surface area contributed by atoms with Crippen molar-refractivity contribution in [3.63, 3.8) is 0 Å². The van der Waals surface area contributed by atoms with E-state index in [4.69, 9.17) is 5.73 Å². The van der Waals surface area contributed by atoms with Gasteiger partial charge in [-0.25, -0.2) is 0 Å². The van der Waals surface area contributed by atoms with Crippen LogP contribution < -0.4 is 5.73 Å². The summed E-state index contributed by atoms with van der Waals surface area (Å²) in [6.07, 6.45) is 0.843. The van der Waals surface area contributed by atoms with Crippen molar-refractivity contribution in [3.8, 4) is 0 Å². The van der Waals surface area contributed by atoms with Gasteiger partial charge in [-0.15, -0.1) is 34.0 Å². The fourth-order valence-electron chi connectivity index (χ4n) is 0.201. The molecule has 0 heterocycles. The Kier molecular flexibility index (Phi) is 15.2. The molecule has 1 unspecified atom stereocenters. The van der Waals surface area contributed by atoms with Crippen LogP contribution in [0.25, 0.3) is 0 Å². The molecule has 2 nitrogen and oxygen atoms in total. The van der Waals surface area contributed by atoms with Gasteiger partial charge in [0, 0.05) is 5.92 Å². The number of nitrogens with two attached hydrogens (primary N) is 1. The summed E-state index contributed by atoms with van der Waals surface area (Å²) in [5.41, 5.74) is 4.91. The average molecular weight is 263 g/mol. The smallest absolute Gasteiger partial charge is 0.220 e. The standard InChI is InChI=1S/C5H11NO.2BrH/c1-3-4(2)5(6)7;;/h4H,3H2,1-2H3,(H2,6,7);2*1H. The van der Waals surface area contributed by atoms with Gasteiger partial charge in [-0.2, -0.15) is 0 Å². The van der Waals surface area contributed by atoms with Crippen LogP contribution in [0.4, 0.5) is 0 Å². The predicted octanol–water partition coefficient (Wildman–Crippen LogP) is 1.67. The Balaban J connectivity index is -0.000000180. The van der Waals surface area contributed by atoms with Crippen LogP contribution in [-0.4, -0.2) is 5.91 Å². The maximum absolute atomic E-state index is 10.2. The van der Waals surface area contributed by atoms with E-state index in [1.54, 1.807) is 0 Å². The van der Waals surface area contributed by atoms with Crippen LogP contribution in [0.2, 0.25) is 0 Å². The molecule has 1 atom stereocenters. The van der Waals surface area contributed by atoms with Crippen molar-refractivity contribution in [1.29, 1.82) is 0 Å². The van der Waals surface area contributed by atoms with Crippen LogP contribution in [0.15, 0.2) is 0 Å². The second kappa shape index (κ2) is 8.43. The zero-order chi connectivity index (χ0) is 5.86. The molecule has 0 aromatic carbocycles. The monoisotopic (exact) mass is 261 g/mol. The predicted molar refractivity (Wildman–Crippen MR) is 49.3 cm³/mol. The largest absolute Gasteiger partial charge is 0.369 e.